The molecule has 0 unspecified atom stereocenters. The van der Waals surface area contributed by atoms with Gasteiger partial charge in [-0.15, -0.1) is 48.1 Å². The van der Waals surface area contributed by atoms with Crippen molar-refractivity contribution in [1.82, 2.24) is 14.1 Å². The molecule has 83 heavy (non-hydrogen) atoms. The molecule has 0 fully saturated rings. The fourth-order valence-corrected chi connectivity index (χ4v) is 12.8. The average molecular weight is 1250 g/mol. The van der Waals surface area contributed by atoms with Crippen LogP contribution in [-0.2, 0) is 26.5 Å². The molecule has 14 aromatic rings. The van der Waals surface area contributed by atoms with Crippen LogP contribution in [0.5, 0.6) is 11.5 Å². The third-order valence-electron chi connectivity index (χ3n) is 16.6. The first-order valence-electron chi connectivity index (χ1n) is 28.0. The minimum Gasteiger partial charge on any atom is -0.509 e. The Morgan fingerprint density at radius 3 is 1.82 bits per heavy atom. The van der Waals surface area contributed by atoms with Gasteiger partial charge in [0.05, 0.1) is 16.7 Å². The monoisotopic (exact) mass is 1250 g/mol. The number of benzene rings is 11. The second-order valence-corrected chi connectivity index (χ2v) is 22.4. The smallest absolute Gasteiger partial charge is 0.135 e. The van der Waals surface area contributed by atoms with Crippen molar-refractivity contribution >= 4 is 66.4 Å². The number of hydrogen-bond donors (Lipinski definition) is 0. The topological polar surface area (TPSA) is 38.5 Å². The normalized spacial score (nSPS) is 12.6. The maximum Gasteiger partial charge on any atom is 0.135 e. The van der Waals surface area contributed by atoms with Gasteiger partial charge in [0.1, 0.15) is 5.82 Å². The van der Waals surface area contributed by atoms with Crippen molar-refractivity contribution in [3.05, 3.63) is 279 Å². The van der Waals surface area contributed by atoms with E-state index in [1.165, 1.54) is 49.6 Å². The third kappa shape index (κ3) is 8.15. The first kappa shape index (κ1) is 50.2. The van der Waals surface area contributed by atoms with Crippen molar-refractivity contribution in [2.45, 2.75) is 26.2 Å². The number of anilines is 4. The van der Waals surface area contributed by atoms with Crippen molar-refractivity contribution < 1.29 is 25.8 Å². The fraction of sp³-hybridized carbons (Fsp3) is 0.0526. The Labute approximate surface area is 497 Å². The largest absolute Gasteiger partial charge is 0.509 e. The zero-order valence-electron chi connectivity index (χ0n) is 45.8. The van der Waals surface area contributed by atoms with Crippen LogP contribution in [0.15, 0.2) is 255 Å². The molecule has 0 N–H and O–H groups in total. The van der Waals surface area contributed by atoms with Gasteiger partial charge in [0.25, 0.3) is 0 Å². The number of nitrogens with zero attached hydrogens (tertiary/aromatic N) is 5. The molecule has 2 aliphatic rings. The Balaban J connectivity index is 0.00000588. The van der Waals surface area contributed by atoms with Gasteiger partial charge in [-0.1, -0.05) is 202 Å². The molecule has 16 rings (SSSR count). The van der Waals surface area contributed by atoms with Gasteiger partial charge >= 0.3 is 0 Å². The van der Waals surface area contributed by atoms with E-state index in [-0.39, 0.29) is 26.5 Å². The van der Waals surface area contributed by atoms with Crippen molar-refractivity contribution in [3.8, 4) is 78.6 Å². The van der Waals surface area contributed by atoms with Crippen LogP contribution in [0.25, 0.3) is 111 Å². The first-order chi connectivity index (χ1) is 40.3. The number of fused-ring (bicyclic) bond motifs is 13. The summed E-state index contributed by atoms with van der Waals surface area (Å²) < 4.78 is 11.8. The molecule has 0 aliphatic carbocycles. The van der Waals surface area contributed by atoms with E-state index in [4.69, 9.17) is 9.72 Å². The van der Waals surface area contributed by atoms with Crippen LogP contribution in [0.2, 0.25) is 0 Å². The van der Waals surface area contributed by atoms with E-state index in [0.29, 0.717) is 11.5 Å². The van der Waals surface area contributed by atoms with Crippen LogP contribution < -0.4 is 14.5 Å². The van der Waals surface area contributed by atoms with Gasteiger partial charge in [0, 0.05) is 94.4 Å². The first-order valence-corrected chi connectivity index (χ1v) is 28.0. The van der Waals surface area contributed by atoms with Crippen molar-refractivity contribution in [2.24, 2.45) is 0 Å². The molecule has 0 bridgehead atoms. The Morgan fingerprint density at radius 2 is 1.06 bits per heavy atom. The van der Waals surface area contributed by atoms with Crippen LogP contribution >= 0.6 is 0 Å². The van der Waals surface area contributed by atoms with Crippen LogP contribution in [-0.4, -0.2) is 14.1 Å². The zero-order chi connectivity index (χ0) is 54.6. The maximum absolute atomic E-state index is 7.00. The molecular weight excluding hydrogens is 1190 g/mol. The van der Waals surface area contributed by atoms with Gasteiger partial charge in [-0.25, -0.2) is 4.98 Å². The standard InChI is InChI=1S/C76H52N5O.Pt/c1-76(2,3)53-42-43-77-71(45-53)80-67-40-41-68-72(61-30-14-13-28-59(61)62-33-19-34-63-60-29-15-16-35-65(60)81(68)75(62)63)73(67)64-38-37-56(47-69(64)80)82-55-27-17-26-54(46-55)78-48-79(66-39-36-52(44-70(66)78)49-20-7-4-8-21-49)74-57(50-22-9-5-10-23-50)31-18-32-58(74)51-24-11-6-12-25-51;/h4-45,48H,1-3H3;/q-3;. The molecule has 400 valence electrons. The maximum atomic E-state index is 7.00. The SMILES string of the molecule is CC(C)(C)c1ccnc(-n2c3[c-]c(Oc4[c-]c(N5[CH-]N(c6c(-c7ccccc7)cccc6-c6ccccc6)c6ccc(-c7ccccc7)cc65)ccc4)ccc3c3c4c(ccc32)-n2c3ccccc3c3cccc(c32)-c2ccccc2-4)c1.[Pt]. The minimum atomic E-state index is -0.110. The Kier molecular flexibility index (Phi) is 12.0. The average Bonchev–Trinajstić information content (AvgIpc) is 2.15. The van der Waals surface area contributed by atoms with E-state index in [1.54, 1.807) is 0 Å². The molecular formula is C76H52N5OPt-3. The number of para-hydroxylation sites is 3. The van der Waals surface area contributed by atoms with Gasteiger partial charge in [0.15, 0.2) is 0 Å². The molecule has 7 heteroatoms. The minimum absolute atomic E-state index is 0. The van der Waals surface area contributed by atoms with E-state index < -0.39 is 0 Å². The van der Waals surface area contributed by atoms with Crippen LogP contribution in [0, 0.1) is 18.8 Å². The molecule has 0 atom stereocenters. The molecule has 0 saturated carbocycles. The Morgan fingerprint density at radius 1 is 0.434 bits per heavy atom. The summed E-state index contributed by atoms with van der Waals surface area (Å²) >= 11 is 0. The summed E-state index contributed by atoms with van der Waals surface area (Å²) in [5.74, 6) is 1.95. The summed E-state index contributed by atoms with van der Waals surface area (Å²) in [6, 6.07) is 96.7. The predicted molar refractivity (Wildman–Crippen MR) is 338 cm³/mol. The summed E-state index contributed by atoms with van der Waals surface area (Å²) in [4.78, 5) is 9.72. The summed E-state index contributed by atoms with van der Waals surface area (Å²) in [7, 11) is 0. The van der Waals surface area contributed by atoms with Crippen LogP contribution in [0.1, 0.15) is 26.3 Å². The van der Waals surface area contributed by atoms with Crippen molar-refractivity contribution in [2.75, 3.05) is 9.80 Å². The van der Waals surface area contributed by atoms with Gasteiger partial charge in [-0.2, -0.15) is 12.1 Å². The number of ether oxygens (including phenoxy) is 1. The van der Waals surface area contributed by atoms with Gasteiger partial charge < -0.3 is 23.7 Å². The van der Waals surface area contributed by atoms with Crippen LogP contribution in [0.4, 0.5) is 22.7 Å². The van der Waals surface area contributed by atoms with Crippen molar-refractivity contribution in [3.63, 3.8) is 0 Å². The van der Waals surface area contributed by atoms with Gasteiger partial charge in [-0.05, 0) is 92.2 Å². The Hall–Kier alpha value is -9.74. The van der Waals surface area contributed by atoms with E-state index >= 15 is 0 Å². The zero-order valence-corrected chi connectivity index (χ0v) is 48.1. The van der Waals surface area contributed by atoms with E-state index in [1.807, 2.05) is 12.3 Å². The molecule has 0 amide bonds. The Bertz CT molecular complexity index is 4810. The second-order valence-electron chi connectivity index (χ2n) is 22.4. The number of aromatic nitrogens is 3. The molecule has 11 aromatic carbocycles. The second kappa shape index (κ2) is 19.8. The van der Waals surface area contributed by atoms with Gasteiger partial charge in [0.2, 0.25) is 0 Å². The molecule has 5 heterocycles. The summed E-state index contributed by atoms with van der Waals surface area (Å²) in [6.45, 7) is 8.96. The molecule has 0 radical (unpaired) electrons. The van der Waals surface area contributed by atoms with E-state index in [2.05, 4.69) is 301 Å². The number of pyridine rings is 1. The summed E-state index contributed by atoms with van der Waals surface area (Å²) in [5.41, 5.74) is 22.1. The predicted octanol–water partition coefficient (Wildman–Crippen LogP) is 20.0. The third-order valence-corrected chi connectivity index (χ3v) is 16.6. The summed E-state index contributed by atoms with van der Waals surface area (Å²) in [6.07, 6.45) is 1.94. The fourth-order valence-electron chi connectivity index (χ4n) is 12.8. The van der Waals surface area contributed by atoms with Gasteiger partial charge in [-0.3, -0.25) is 0 Å². The molecule has 0 spiro atoms. The number of rotatable bonds is 8. The molecule has 3 aromatic heterocycles. The quantitative estimate of drug-likeness (QED) is 0.142. The van der Waals surface area contributed by atoms with Crippen molar-refractivity contribution in [1.29, 1.82) is 0 Å². The molecule has 0 saturated heterocycles. The van der Waals surface area contributed by atoms with E-state index in [9.17, 15) is 0 Å². The number of hydrogen-bond acceptors (Lipinski definition) is 4. The molecule has 6 nitrogen and oxygen atoms in total. The summed E-state index contributed by atoms with van der Waals surface area (Å²) in [5, 5.41) is 4.66. The van der Waals surface area contributed by atoms with E-state index in [0.717, 1.165) is 89.4 Å². The molecule has 2 aliphatic heterocycles. The van der Waals surface area contributed by atoms with Crippen LogP contribution in [0.3, 0.4) is 0 Å².